The lowest BCUT2D eigenvalue weighted by molar-refractivity contribution is -0.116. The summed E-state index contributed by atoms with van der Waals surface area (Å²) >= 11 is 1.52. The van der Waals surface area contributed by atoms with E-state index in [1.807, 2.05) is 30.3 Å². The van der Waals surface area contributed by atoms with Crippen LogP contribution in [0.15, 0.2) is 30.3 Å². The Morgan fingerprint density at radius 3 is 2.95 bits per heavy atom. The SMILES string of the molecule is N#Cc1c(NC(=O)CCc2ccccc2)sc2c1CCNC2. The van der Waals surface area contributed by atoms with Gasteiger partial charge in [0.1, 0.15) is 11.1 Å². The van der Waals surface area contributed by atoms with Crippen LogP contribution < -0.4 is 10.6 Å². The second-order valence-corrected chi connectivity index (χ2v) is 6.39. The number of anilines is 1. The predicted molar refractivity (Wildman–Crippen MR) is 87.8 cm³/mol. The molecule has 1 aromatic carbocycles. The third-order valence-corrected chi connectivity index (χ3v) is 4.92. The summed E-state index contributed by atoms with van der Waals surface area (Å²) in [4.78, 5) is 13.3. The van der Waals surface area contributed by atoms with Crippen LogP contribution in [-0.4, -0.2) is 12.5 Å². The Bertz CT molecular complexity index is 715. The van der Waals surface area contributed by atoms with Gasteiger partial charge in [-0.3, -0.25) is 4.79 Å². The number of hydrogen-bond acceptors (Lipinski definition) is 4. The highest BCUT2D eigenvalue weighted by Gasteiger charge is 2.21. The van der Waals surface area contributed by atoms with Gasteiger partial charge in [-0.05, 0) is 30.5 Å². The standard InChI is InChI=1S/C17H17N3OS/c18-10-14-13-8-9-19-11-15(13)22-17(14)20-16(21)7-6-12-4-2-1-3-5-12/h1-5,19H,6-9,11H2,(H,20,21). The molecule has 0 bridgehead atoms. The van der Waals surface area contributed by atoms with Gasteiger partial charge in [0.2, 0.25) is 5.91 Å². The summed E-state index contributed by atoms with van der Waals surface area (Å²) in [5, 5.41) is 16.3. The smallest absolute Gasteiger partial charge is 0.225 e. The Hall–Kier alpha value is -2.16. The molecule has 1 aliphatic rings. The van der Waals surface area contributed by atoms with Gasteiger partial charge in [-0.15, -0.1) is 11.3 Å². The number of rotatable bonds is 4. The molecule has 0 radical (unpaired) electrons. The molecular formula is C17H17N3OS. The lowest BCUT2D eigenvalue weighted by Gasteiger charge is -2.11. The van der Waals surface area contributed by atoms with E-state index in [1.165, 1.54) is 16.2 Å². The highest BCUT2D eigenvalue weighted by Crippen LogP contribution is 2.34. The quantitative estimate of drug-likeness (QED) is 0.912. The summed E-state index contributed by atoms with van der Waals surface area (Å²) in [5.74, 6) is -0.0353. The van der Waals surface area contributed by atoms with E-state index in [0.29, 0.717) is 23.4 Å². The Balaban J connectivity index is 1.67. The molecule has 0 unspecified atom stereocenters. The minimum Gasteiger partial charge on any atom is -0.317 e. The van der Waals surface area contributed by atoms with Crippen LogP contribution in [0.25, 0.3) is 0 Å². The van der Waals surface area contributed by atoms with Crippen molar-refractivity contribution in [1.82, 2.24) is 5.32 Å². The molecule has 1 aromatic heterocycles. The van der Waals surface area contributed by atoms with Crippen molar-refractivity contribution in [3.8, 4) is 6.07 Å². The molecule has 0 spiro atoms. The van der Waals surface area contributed by atoms with E-state index in [-0.39, 0.29) is 5.91 Å². The number of benzene rings is 1. The number of nitriles is 1. The Morgan fingerprint density at radius 2 is 2.18 bits per heavy atom. The summed E-state index contributed by atoms with van der Waals surface area (Å²) in [6, 6.07) is 12.2. The first kappa shape index (κ1) is 14.8. The largest absolute Gasteiger partial charge is 0.317 e. The van der Waals surface area contributed by atoms with Crippen molar-refractivity contribution < 1.29 is 4.79 Å². The molecule has 0 fully saturated rings. The average molecular weight is 311 g/mol. The zero-order valence-electron chi connectivity index (χ0n) is 12.2. The number of hydrogen-bond donors (Lipinski definition) is 2. The fraction of sp³-hybridized carbons (Fsp3) is 0.294. The molecule has 2 heterocycles. The number of nitrogens with one attached hydrogen (secondary N) is 2. The van der Waals surface area contributed by atoms with E-state index < -0.39 is 0 Å². The topological polar surface area (TPSA) is 64.9 Å². The zero-order chi connectivity index (χ0) is 15.4. The first-order chi connectivity index (χ1) is 10.8. The van der Waals surface area contributed by atoms with E-state index in [4.69, 9.17) is 0 Å². The fourth-order valence-electron chi connectivity index (χ4n) is 2.63. The molecular weight excluding hydrogens is 294 g/mol. The van der Waals surface area contributed by atoms with E-state index in [9.17, 15) is 10.1 Å². The fourth-order valence-corrected chi connectivity index (χ4v) is 3.82. The van der Waals surface area contributed by atoms with Gasteiger partial charge in [0.25, 0.3) is 0 Å². The number of aryl methyl sites for hydroxylation is 1. The molecule has 0 aliphatic carbocycles. The third-order valence-electron chi connectivity index (χ3n) is 3.78. The van der Waals surface area contributed by atoms with Crippen molar-refractivity contribution in [3.05, 3.63) is 51.9 Å². The van der Waals surface area contributed by atoms with E-state index >= 15 is 0 Å². The van der Waals surface area contributed by atoms with Crippen LogP contribution in [0, 0.1) is 11.3 Å². The molecule has 22 heavy (non-hydrogen) atoms. The monoisotopic (exact) mass is 311 g/mol. The number of nitrogens with zero attached hydrogens (tertiary/aromatic N) is 1. The van der Waals surface area contributed by atoms with E-state index in [0.717, 1.165) is 30.6 Å². The second-order valence-electron chi connectivity index (χ2n) is 5.28. The van der Waals surface area contributed by atoms with Gasteiger partial charge in [0.15, 0.2) is 0 Å². The number of carbonyl (C=O) groups is 1. The van der Waals surface area contributed by atoms with Crippen LogP contribution in [0.3, 0.4) is 0 Å². The number of carbonyl (C=O) groups excluding carboxylic acids is 1. The Labute approximate surface area is 133 Å². The maximum atomic E-state index is 12.1. The molecule has 1 aliphatic heterocycles. The van der Waals surface area contributed by atoms with Crippen molar-refractivity contribution in [2.45, 2.75) is 25.8 Å². The van der Waals surface area contributed by atoms with Gasteiger partial charge in [0.05, 0.1) is 5.56 Å². The normalized spacial score (nSPS) is 13.2. The van der Waals surface area contributed by atoms with Crippen molar-refractivity contribution >= 4 is 22.2 Å². The molecule has 2 aromatic rings. The predicted octanol–water partition coefficient (Wildman–Crippen LogP) is 2.84. The highest BCUT2D eigenvalue weighted by atomic mass is 32.1. The zero-order valence-corrected chi connectivity index (χ0v) is 13.0. The van der Waals surface area contributed by atoms with Gasteiger partial charge < -0.3 is 10.6 Å². The molecule has 2 N–H and O–H groups in total. The van der Waals surface area contributed by atoms with Gasteiger partial charge in [-0.2, -0.15) is 5.26 Å². The minimum absolute atomic E-state index is 0.0353. The Morgan fingerprint density at radius 1 is 1.36 bits per heavy atom. The second kappa shape index (κ2) is 6.73. The van der Waals surface area contributed by atoms with Crippen LogP contribution in [0.2, 0.25) is 0 Å². The minimum atomic E-state index is -0.0353. The molecule has 3 rings (SSSR count). The summed E-state index contributed by atoms with van der Waals surface area (Å²) in [6.45, 7) is 1.67. The summed E-state index contributed by atoms with van der Waals surface area (Å²) < 4.78 is 0. The summed E-state index contributed by atoms with van der Waals surface area (Å²) in [7, 11) is 0. The molecule has 0 saturated heterocycles. The maximum Gasteiger partial charge on any atom is 0.225 e. The van der Waals surface area contributed by atoms with Crippen LogP contribution in [0.1, 0.15) is 28.0 Å². The van der Waals surface area contributed by atoms with Crippen LogP contribution in [-0.2, 0) is 24.2 Å². The highest BCUT2D eigenvalue weighted by molar-refractivity contribution is 7.16. The van der Waals surface area contributed by atoms with Crippen LogP contribution >= 0.6 is 11.3 Å². The van der Waals surface area contributed by atoms with Crippen molar-refractivity contribution in [2.75, 3.05) is 11.9 Å². The summed E-state index contributed by atoms with van der Waals surface area (Å²) in [6.07, 6.45) is 1.99. The lowest BCUT2D eigenvalue weighted by atomic mass is 10.0. The van der Waals surface area contributed by atoms with E-state index in [1.54, 1.807) is 0 Å². The molecule has 112 valence electrons. The van der Waals surface area contributed by atoms with E-state index in [2.05, 4.69) is 16.7 Å². The first-order valence-electron chi connectivity index (χ1n) is 7.37. The maximum absolute atomic E-state index is 12.1. The number of thiophene rings is 1. The molecule has 1 amide bonds. The average Bonchev–Trinajstić information content (AvgIpc) is 2.91. The van der Waals surface area contributed by atoms with Gasteiger partial charge >= 0.3 is 0 Å². The first-order valence-corrected chi connectivity index (χ1v) is 8.18. The number of amides is 1. The molecule has 5 heteroatoms. The molecule has 4 nitrogen and oxygen atoms in total. The number of fused-ring (bicyclic) bond motifs is 1. The molecule has 0 saturated carbocycles. The molecule has 0 atom stereocenters. The van der Waals surface area contributed by atoms with Crippen LogP contribution in [0.5, 0.6) is 0 Å². The van der Waals surface area contributed by atoms with Gasteiger partial charge in [-0.25, -0.2) is 0 Å². The van der Waals surface area contributed by atoms with Crippen LogP contribution in [0.4, 0.5) is 5.00 Å². The van der Waals surface area contributed by atoms with Gasteiger partial charge in [-0.1, -0.05) is 30.3 Å². The van der Waals surface area contributed by atoms with Gasteiger partial charge in [0, 0.05) is 17.8 Å². The van der Waals surface area contributed by atoms with Crippen molar-refractivity contribution in [2.24, 2.45) is 0 Å². The lowest BCUT2D eigenvalue weighted by Crippen LogP contribution is -2.22. The van der Waals surface area contributed by atoms with Crippen molar-refractivity contribution in [3.63, 3.8) is 0 Å². The summed E-state index contributed by atoms with van der Waals surface area (Å²) in [5.41, 5.74) is 2.90. The van der Waals surface area contributed by atoms with Crippen molar-refractivity contribution in [1.29, 1.82) is 5.26 Å². The third kappa shape index (κ3) is 3.19. The Kier molecular flexibility index (Phi) is 4.52.